The van der Waals surface area contributed by atoms with Crippen molar-refractivity contribution < 1.29 is 23.4 Å². The highest BCUT2D eigenvalue weighted by Gasteiger charge is 2.76. The fourth-order valence-corrected chi connectivity index (χ4v) is 7.27. The number of hydrogen-bond donors (Lipinski definition) is 0. The molecule has 0 bridgehead atoms. The van der Waals surface area contributed by atoms with Gasteiger partial charge in [0, 0.05) is 24.8 Å². The molecule has 4 aliphatic rings. The van der Waals surface area contributed by atoms with Crippen molar-refractivity contribution in [3.63, 3.8) is 0 Å². The van der Waals surface area contributed by atoms with Gasteiger partial charge in [-0.3, -0.25) is 4.79 Å². The zero-order valence-electron chi connectivity index (χ0n) is 28.2. The van der Waals surface area contributed by atoms with Gasteiger partial charge in [0.25, 0.3) is 0 Å². The minimum absolute atomic E-state index is 0.00892. The zero-order chi connectivity index (χ0) is 31.1. The molecule has 1 saturated carbocycles. The van der Waals surface area contributed by atoms with Gasteiger partial charge in [0.05, 0.1) is 16.7 Å². The Balaban J connectivity index is 1.60. The molecular weight excluding hydrogens is 532 g/mol. The fourth-order valence-electron chi connectivity index (χ4n) is 7.27. The van der Waals surface area contributed by atoms with E-state index in [2.05, 4.69) is 115 Å². The lowest BCUT2D eigenvalue weighted by atomic mass is 9.79. The molecule has 0 aromatic heterocycles. The molecule has 3 atom stereocenters. The summed E-state index contributed by atoms with van der Waals surface area (Å²) in [6.07, 6.45) is 11.5. The molecule has 3 aliphatic heterocycles. The molecule has 5 heteroatoms. The second-order valence-corrected chi connectivity index (χ2v) is 16.4. The summed E-state index contributed by atoms with van der Waals surface area (Å²) in [7, 11) is 0. The average Bonchev–Trinajstić information content (AvgIpc) is 3.19. The average molecular weight is 585 g/mol. The van der Waals surface area contributed by atoms with Gasteiger partial charge in [-0.05, 0) is 64.8 Å². The third kappa shape index (κ3) is 4.95. The largest absolute Gasteiger partial charge is 0.704 e. The quantitative estimate of drug-likeness (QED) is 0.269. The first kappa shape index (κ1) is 30.1. The molecule has 0 amide bonds. The Kier molecular flexibility index (Phi) is 7.02. The van der Waals surface area contributed by atoms with Crippen LogP contribution in [0.3, 0.4) is 0 Å². The van der Waals surface area contributed by atoms with Gasteiger partial charge in [0.2, 0.25) is 12.1 Å². The van der Waals surface area contributed by atoms with Crippen molar-refractivity contribution in [2.75, 3.05) is 0 Å². The predicted molar refractivity (Wildman–Crippen MR) is 174 cm³/mol. The summed E-state index contributed by atoms with van der Waals surface area (Å²) in [5, 5.41) is 0. The number of hydrogen-bond acceptors (Lipinski definition) is 3. The van der Waals surface area contributed by atoms with Gasteiger partial charge < -0.3 is 9.47 Å². The molecule has 230 valence electrons. The van der Waals surface area contributed by atoms with E-state index < -0.39 is 6.03 Å². The standard InChI is InChI=1S/C38H52N2O3/c1-11-12-17-32(41)28-20-26(35(2,3)4)18-24-22-39-30-15-13-14-16-31(30)40-23-25-19-27(36(5,6)7)21-29(37(8,9)10)34(25)43-38(39,40)42-33(24)28/h18-23,30-31H,11-17H2,1-10H3/q+2. The van der Waals surface area contributed by atoms with Crippen LogP contribution in [0.2, 0.25) is 0 Å². The molecule has 5 nitrogen and oxygen atoms in total. The van der Waals surface area contributed by atoms with Crippen LogP contribution in [-0.2, 0) is 16.2 Å². The number of carbonyl (C=O) groups is 1. The summed E-state index contributed by atoms with van der Waals surface area (Å²) in [5.41, 5.74) is 6.22. The van der Waals surface area contributed by atoms with Crippen molar-refractivity contribution >= 4 is 18.2 Å². The van der Waals surface area contributed by atoms with Crippen LogP contribution >= 0.6 is 0 Å². The number of carbonyl (C=O) groups excluding carboxylic acids is 1. The molecule has 2 aromatic carbocycles. The smallest absolute Gasteiger partial charge is 0.340 e. The van der Waals surface area contributed by atoms with Gasteiger partial charge in [-0.25, -0.2) is 0 Å². The highest BCUT2D eigenvalue weighted by molar-refractivity contribution is 6.02. The Bertz CT molecular complexity index is 1540. The Morgan fingerprint density at radius 2 is 1.28 bits per heavy atom. The summed E-state index contributed by atoms with van der Waals surface area (Å²) >= 11 is 0. The lowest BCUT2D eigenvalue weighted by molar-refractivity contribution is -0.866. The Hall–Kier alpha value is -2.95. The third-order valence-corrected chi connectivity index (χ3v) is 9.92. The number of Topliss-reactive ketones (excluding diaryl/α,β-unsaturated/α-hetero) is 1. The van der Waals surface area contributed by atoms with Crippen molar-refractivity contribution in [2.45, 2.75) is 149 Å². The zero-order valence-corrected chi connectivity index (χ0v) is 28.2. The van der Waals surface area contributed by atoms with Crippen LogP contribution in [0.1, 0.15) is 152 Å². The van der Waals surface area contributed by atoms with Crippen molar-refractivity contribution in [1.82, 2.24) is 0 Å². The Labute approximate surface area is 259 Å². The Morgan fingerprint density at radius 1 is 0.767 bits per heavy atom. The molecule has 2 fully saturated rings. The van der Waals surface area contributed by atoms with Crippen LogP contribution in [-0.4, -0.2) is 45.5 Å². The second-order valence-electron chi connectivity index (χ2n) is 16.4. The first-order valence-corrected chi connectivity index (χ1v) is 16.6. The van der Waals surface area contributed by atoms with Crippen molar-refractivity contribution in [3.05, 3.63) is 57.6 Å². The molecular formula is C38H52N2O3+2. The van der Waals surface area contributed by atoms with E-state index in [9.17, 15) is 4.79 Å². The summed E-state index contributed by atoms with van der Waals surface area (Å²) in [4.78, 5) is 13.8. The van der Waals surface area contributed by atoms with Crippen LogP contribution in [0, 0.1) is 0 Å². The topological polar surface area (TPSA) is 41.5 Å². The van der Waals surface area contributed by atoms with E-state index >= 15 is 0 Å². The fraction of sp³-hybridized carbons (Fsp3) is 0.605. The molecule has 0 radical (unpaired) electrons. The number of benzene rings is 2. The van der Waals surface area contributed by atoms with E-state index in [0.29, 0.717) is 17.7 Å². The van der Waals surface area contributed by atoms with E-state index in [1.54, 1.807) is 0 Å². The molecule has 3 heterocycles. The van der Waals surface area contributed by atoms with Crippen LogP contribution in [0.4, 0.5) is 0 Å². The molecule has 1 spiro atoms. The molecule has 6 rings (SSSR count). The molecule has 1 saturated heterocycles. The van der Waals surface area contributed by atoms with Crippen LogP contribution in [0.15, 0.2) is 24.3 Å². The minimum atomic E-state index is -1.16. The highest BCUT2D eigenvalue weighted by atomic mass is 16.7. The number of fused-ring (bicyclic) bond motifs is 5. The molecule has 0 N–H and O–H groups in total. The van der Waals surface area contributed by atoms with Gasteiger partial charge in [0.1, 0.15) is 0 Å². The maximum Gasteiger partial charge on any atom is 0.704 e. The van der Waals surface area contributed by atoms with Gasteiger partial charge in [0.15, 0.2) is 29.7 Å². The van der Waals surface area contributed by atoms with E-state index in [1.165, 1.54) is 24.0 Å². The monoisotopic (exact) mass is 584 g/mol. The maximum absolute atomic E-state index is 13.8. The number of ether oxygens (including phenoxy) is 2. The number of unbranched alkanes of at least 4 members (excludes halogenated alkanes) is 1. The highest BCUT2D eigenvalue weighted by Crippen LogP contribution is 2.49. The number of rotatable bonds is 4. The summed E-state index contributed by atoms with van der Waals surface area (Å²) in [6.45, 7) is 22.4. The molecule has 2 aromatic rings. The van der Waals surface area contributed by atoms with Crippen LogP contribution < -0.4 is 9.47 Å². The molecule has 1 aliphatic carbocycles. The lowest BCUT2D eigenvalue weighted by Gasteiger charge is -2.33. The van der Waals surface area contributed by atoms with E-state index in [1.807, 2.05) is 0 Å². The van der Waals surface area contributed by atoms with Crippen LogP contribution in [0.25, 0.3) is 0 Å². The minimum Gasteiger partial charge on any atom is -0.340 e. The van der Waals surface area contributed by atoms with Gasteiger partial charge >= 0.3 is 6.03 Å². The number of nitrogens with zero attached hydrogens (tertiary/aromatic N) is 2. The van der Waals surface area contributed by atoms with E-state index in [4.69, 9.17) is 9.47 Å². The normalized spacial score (nSPS) is 24.3. The van der Waals surface area contributed by atoms with Gasteiger partial charge in [-0.15, -0.1) is 0 Å². The number of ketones is 1. The SMILES string of the molecule is CCCCC(=O)c1cc(C(C)(C)C)cc2c1OC13Oc4c(cc(C(C)(C)C)cc4C(C)(C)C)C=[N+]1C1CCCCC1[N+]3=C2. The van der Waals surface area contributed by atoms with Gasteiger partial charge in [-0.2, -0.15) is 0 Å². The Morgan fingerprint density at radius 3 is 1.79 bits per heavy atom. The van der Waals surface area contributed by atoms with Crippen molar-refractivity contribution in [3.8, 4) is 11.5 Å². The summed E-state index contributed by atoms with van der Waals surface area (Å²) in [6, 6.07) is 8.34. The molecule has 43 heavy (non-hydrogen) atoms. The maximum atomic E-state index is 13.8. The first-order valence-electron chi connectivity index (χ1n) is 16.6. The third-order valence-electron chi connectivity index (χ3n) is 9.92. The lowest BCUT2D eigenvalue weighted by Crippen LogP contribution is -2.60. The first-order chi connectivity index (χ1) is 20.0. The van der Waals surface area contributed by atoms with Crippen molar-refractivity contribution in [1.29, 1.82) is 0 Å². The summed E-state index contributed by atoms with van der Waals surface area (Å²) < 4.78 is 19.2. The van der Waals surface area contributed by atoms with Crippen molar-refractivity contribution in [2.24, 2.45) is 0 Å². The second kappa shape index (κ2) is 10.0. The van der Waals surface area contributed by atoms with E-state index in [-0.39, 0.29) is 34.1 Å². The van der Waals surface area contributed by atoms with E-state index in [0.717, 1.165) is 48.1 Å². The predicted octanol–water partition coefficient (Wildman–Crippen LogP) is 8.24. The van der Waals surface area contributed by atoms with Crippen LogP contribution in [0.5, 0.6) is 11.5 Å². The summed E-state index contributed by atoms with van der Waals surface area (Å²) in [5.74, 6) is 1.70. The molecule has 3 unspecified atom stereocenters. The van der Waals surface area contributed by atoms with Gasteiger partial charge in [-0.1, -0.05) is 90.9 Å².